The van der Waals surface area contributed by atoms with Gasteiger partial charge < -0.3 is 5.73 Å². The number of nitrogens with two attached hydrogens (primary N) is 1. The van der Waals surface area contributed by atoms with E-state index < -0.39 is 3.23 Å². The molecular formula is C6H12Br2N2. The zero-order valence-corrected chi connectivity index (χ0v) is 9.13. The fourth-order valence-corrected chi connectivity index (χ4v) is 1.09. The minimum Gasteiger partial charge on any atom is -0.386 e. The zero-order chi connectivity index (χ0) is 8.20. The van der Waals surface area contributed by atoms with Crippen LogP contribution in [0.3, 0.4) is 0 Å². The molecular weight excluding hydrogens is 260 g/mol. The standard InChI is InChI=1S/C6H12Br2N2/c1-2-3-4-6(7,8)5(9)10/h2-4H2,1H3,(H3,9,10). The van der Waals surface area contributed by atoms with Gasteiger partial charge in [0.1, 0.15) is 9.07 Å². The predicted octanol–water partition coefficient (Wildman–Crippen LogP) is 2.60. The van der Waals surface area contributed by atoms with Gasteiger partial charge in [0, 0.05) is 0 Å². The van der Waals surface area contributed by atoms with E-state index in [1.54, 1.807) is 0 Å². The molecule has 0 saturated heterocycles. The Bertz CT molecular complexity index is 123. The average molecular weight is 272 g/mol. The molecule has 0 aliphatic heterocycles. The highest BCUT2D eigenvalue weighted by Gasteiger charge is 2.25. The highest BCUT2D eigenvalue weighted by atomic mass is 79.9. The lowest BCUT2D eigenvalue weighted by Crippen LogP contribution is -2.31. The SMILES string of the molecule is CCCCC(Br)(Br)C(=N)N. The smallest absolute Gasteiger partial charge is 0.136 e. The maximum Gasteiger partial charge on any atom is 0.136 e. The van der Waals surface area contributed by atoms with Crippen LogP contribution in [0.15, 0.2) is 0 Å². The Kier molecular flexibility index (Phi) is 4.52. The third-order valence-corrected chi connectivity index (χ3v) is 2.89. The number of amidine groups is 1. The lowest BCUT2D eigenvalue weighted by molar-refractivity contribution is 0.736. The van der Waals surface area contributed by atoms with Crippen LogP contribution in [0.1, 0.15) is 26.2 Å². The molecule has 0 amide bonds. The van der Waals surface area contributed by atoms with Gasteiger partial charge in [-0.3, -0.25) is 5.41 Å². The third kappa shape index (κ3) is 3.56. The van der Waals surface area contributed by atoms with Crippen LogP contribution in [-0.4, -0.2) is 9.07 Å². The molecule has 10 heavy (non-hydrogen) atoms. The summed E-state index contributed by atoms with van der Waals surface area (Å²) >= 11 is 6.63. The first-order valence-electron chi connectivity index (χ1n) is 3.23. The van der Waals surface area contributed by atoms with E-state index in [2.05, 4.69) is 38.8 Å². The summed E-state index contributed by atoms with van der Waals surface area (Å²) in [7, 11) is 0. The predicted molar refractivity (Wildman–Crippen MR) is 52.0 cm³/mol. The van der Waals surface area contributed by atoms with Crippen molar-refractivity contribution in [3.8, 4) is 0 Å². The van der Waals surface area contributed by atoms with E-state index in [0.717, 1.165) is 19.3 Å². The molecule has 0 rings (SSSR count). The van der Waals surface area contributed by atoms with Gasteiger partial charge in [0.05, 0.1) is 0 Å². The molecule has 3 N–H and O–H groups in total. The molecule has 0 saturated carbocycles. The number of unbranched alkanes of at least 4 members (excludes halogenated alkanes) is 1. The van der Waals surface area contributed by atoms with Crippen LogP contribution in [0.25, 0.3) is 0 Å². The summed E-state index contributed by atoms with van der Waals surface area (Å²) in [6, 6.07) is 0. The molecule has 60 valence electrons. The monoisotopic (exact) mass is 270 g/mol. The fraction of sp³-hybridized carbons (Fsp3) is 0.833. The first-order chi connectivity index (χ1) is 4.50. The second-order valence-electron chi connectivity index (χ2n) is 2.22. The summed E-state index contributed by atoms with van der Waals surface area (Å²) in [5, 5.41) is 7.16. The highest BCUT2D eigenvalue weighted by Crippen LogP contribution is 2.31. The molecule has 2 nitrogen and oxygen atoms in total. The molecule has 0 radical (unpaired) electrons. The van der Waals surface area contributed by atoms with Gasteiger partial charge in [-0.2, -0.15) is 0 Å². The maximum absolute atomic E-state index is 7.16. The first kappa shape index (κ1) is 10.4. The van der Waals surface area contributed by atoms with Gasteiger partial charge in [0.25, 0.3) is 0 Å². The van der Waals surface area contributed by atoms with Crippen LogP contribution in [0.2, 0.25) is 0 Å². The molecule has 0 aromatic heterocycles. The van der Waals surface area contributed by atoms with Gasteiger partial charge in [-0.15, -0.1) is 0 Å². The minimum absolute atomic E-state index is 0.140. The van der Waals surface area contributed by atoms with Gasteiger partial charge in [-0.1, -0.05) is 51.6 Å². The normalized spacial score (nSPS) is 11.5. The molecule has 0 heterocycles. The van der Waals surface area contributed by atoms with Crippen molar-refractivity contribution in [3.05, 3.63) is 0 Å². The molecule has 0 unspecified atom stereocenters. The van der Waals surface area contributed by atoms with Crippen molar-refractivity contribution < 1.29 is 0 Å². The Morgan fingerprint density at radius 1 is 1.60 bits per heavy atom. The topological polar surface area (TPSA) is 49.9 Å². The fourth-order valence-electron chi connectivity index (χ4n) is 0.533. The largest absolute Gasteiger partial charge is 0.386 e. The molecule has 0 fully saturated rings. The van der Waals surface area contributed by atoms with Crippen LogP contribution in [0, 0.1) is 5.41 Å². The number of alkyl halides is 2. The molecule has 0 bridgehead atoms. The summed E-state index contributed by atoms with van der Waals surface area (Å²) in [5.41, 5.74) is 5.30. The zero-order valence-electron chi connectivity index (χ0n) is 5.95. The van der Waals surface area contributed by atoms with Crippen molar-refractivity contribution >= 4 is 37.7 Å². The van der Waals surface area contributed by atoms with E-state index in [9.17, 15) is 0 Å². The number of rotatable bonds is 4. The summed E-state index contributed by atoms with van der Waals surface area (Å²) in [4.78, 5) is 0. The van der Waals surface area contributed by atoms with Crippen molar-refractivity contribution in [1.29, 1.82) is 5.41 Å². The quantitative estimate of drug-likeness (QED) is 0.461. The second-order valence-corrected chi connectivity index (χ2v) is 5.99. The van der Waals surface area contributed by atoms with Crippen LogP contribution < -0.4 is 5.73 Å². The Balaban J connectivity index is 3.75. The van der Waals surface area contributed by atoms with Gasteiger partial charge in [0.15, 0.2) is 0 Å². The molecule has 0 atom stereocenters. The van der Waals surface area contributed by atoms with Crippen molar-refractivity contribution in [2.24, 2.45) is 5.73 Å². The summed E-state index contributed by atoms with van der Waals surface area (Å²) in [6.45, 7) is 2.11. The van der Waals surface area contributed by atoms with E-state index in [-0.39, 0.29) is 5.84 Å². The molecule has 0 aromatic carbocycles. The van der Waals surface area contributed by atoms with E-state index in [1.807, 2.05) is 0 Å². The summed E-state index contributed by atoms with van der Waals surface area (Å²) < 4.78 is -0.462. The number of halogens is 2. The maximum atomic E-state index is 7.16. The van der Waals surface area contributed by atoms with Crippen molar-refractivity contribution in [3.63, 3.8) is 0 Å². The number of hydrogen-bond donors (Lipinski definition) is 2. The van der Waals surface area contributed by atoms with Crippen LogP contribution in [-0.2, 0) is 0 Å². The van der Waals surface area contributed by atoms with E-state index in [4.69, 9.17) is 11.1 Å². The second kappa shape index (κ2) is 4.34. The van der Waals surface area contributed by atoms with Gasteiger partial charge >= 0.3 is 0 Å². The molecule has 0 aliphatic carbocycles. The van der Waals surface area contributed by atoms with Gasteiger partial charge in [-0.25, -0.2) is 0 Å². The van der Waals surface area contributed by atoms with Gasteiger partial charge in [-0.05, 0) is 6.42 Å². The van der Waals surface area contributed by atoms with Crippen molar-refractivity contribution in [1.82, 2.24) is 0 Å². The summed E-state index contributed by atoms with van der Waals surface area (Å²) in [6.07, 6.45) is 3.04. The van der Waals surface area contributed by atoms with E-state index >= 15 is 0 Å². The average Bonchev–Trinajstić information content (AvgIpc) is 1.84. The molecule has 0 aliphatic rings. The summed E-state index contributed by atoms with van der Waals surface area (Å²) in [5.74, 6) is 0.140. The van der Waals surface area contributed by atoms with Crippen LogP contribution in [0.4, 0.5) is 0 Å². The van der Waals surface area contributed by atoms with Gasteiger partial charge in [0.2, 0.25) is 0 Å². The number of nitrogens with one attached hydrogen (secondary N) is 1. The van der Waals surface area contributed by atoms with Crippen molar-refractivity contribution in [2.75, 3.05) is 0 Å². The molecule has 0 aromatic rings. The molecule has 0 spiro atoms. The van der Waals surface area contributed by atoms with Crippen LogP contribution in [0.5, 0.6) is 0 Å². The van der Waals surface area contributed by atoms with Crippen molar-refractivity contribution in [2.45, 2.75) is 29.4 Å². The first-order valence-corrected chi connectivity index (χ1v) is 4.81. The Morgan fingerprint density at radius 3 is 2.40 bits per heavy atom. The lowest BCUT2D eigenvalue weighted by atomic mass is 10.2. The Labute approximate surface area is 78.3 Å². The number of hydrogen-bond acceptors (Lipinski definition) is 1. The van der Waals surface area contributed by atoms with E-state index in [1.165, 1.54) is 0 Å². The lowest BCUT2D eigenvalue weighted by Gasteiger charge is -2.17. The highest BCUT2D eigenvalue weighted by molar-refractivity contribution is 9.25. The Morgan fingerprint density at radius 2 is 2.10 bits per heavy atom. The molecule has 4 heteroatoms. The Hall–Kier alpha value is 0.430. The minimum atomic E-state index is -0.462. The van der Waals surface area contributed by atoms with Crippen LogP contribution >= 0.6 is 31.9 Å². The third-order valence-electron chi connectivity index (χ3n) is 1.24. The van der Waals surface area contributed by atoms with E-state index in [0.29, 0.717) is 0 Å².